The van der Waals surface area contributed by atoms with Crippen LogP contribution >= 0.6 is 15.9 Å². The van der Waals surface area contributed by atoms with Crippen LogP contribution in [0.25, 0.3) is 0 Å². The molecule has 1 amide bonds. The molecule has 21 heavy (non-hydrogen) atoms. The molecule has 1 aromatic heterocycles. The van der Waals surface area contributed by atoms with Crippen LogP contribution in [0.1, 0.15) is 16.1 Å². The van der Waals surface area contributed by atoms with Crippen molar-refractivity contribution in [1.82, 2.24) is 9.88 Å². The molecule has 0 saturated carbocycles. The molecule has 0 saturated heterocycles. The molecule has 1 heterocycles. The molecule has 0 bridgehead atoms. The number of hydrogen-bond acceptors (Lipinski definition) is 1. The maximum Gasteiger partial charge on any atom is 0.268 e. The summed E-state index contributed by atoms with van der Waals surface area (Å²) in [6, 6.07) is 7.33. The van der Waals surface area contributed by atoms with Gasteiger partial charge in [0.25, 0.3) is 12.3 Å². The van der Waals surface area contributed by atoms with Gasteiger partial charge < -0.3 is 9.88 Å². The summed E-state index contributed by atoms with van der Waals surface area (Å²) in [5, 5.41) is 2.52. The summed E-state index contributed by atoms with van der Waals surface area (Å²) in [5.41, 5.74) is 0.426. The molecule has 2 aromatic rings. The van der Waals surface area contributed by atoms with Crippen LogP contribution < -0.4 is 5.32 Å². The van der Waals surface area contributed by atoms with Crippen LogP contribution in [0.3, 0.4) is 0 Å². The standard InChI is InChI=1S/C14H12BrF3N2O/c15-10-3-4-11(16)9(6-10)7-19-14(21)12-2-1-5-20(12)8-13(17)18/h1-6,13H,7-8H2,(H,19,21). The van der Waals surface area contributed by atoms with Crippen LogP contribution in [0, 0.1) is 5.82 Å². The first kappa shape index (κ1) is 15.6. The Kier molecular flexibility index (Phi) is 5.06. The summed E-state index contributed by atoms with van der Waals surface area (Å²) in [5.74, 6) is -0.971. The zero-order valence-electron chi connectivity index (χ0n) is 10.8. The third-order valence-electron chi connectivity index (χ3n) is 2.84. The van der Waals surface area contributed by atoms with Crippen molar-refractivity contribution < 1.29 is 18.0 Å². The molecule has 112 valence electrons. The number of amides is 1. The van der Waals surface area contributed by atoms with E-state index in [9.17, 15) is 18.0 Å². The zero-order valence-corrected chi connectivity index (χ0v) is 12.4. The first-order valence-electron chi connectivity index (χ1n) is 6.13. The zero-order chi connectivity index (χ0) is 15.4. The average molecular weight is 361 g/mol. The second-order valence-corrected chi connectivity index (χ2v) is 5.27. The highest BCUT2D eigenvalue weighted by molar-refractivity contribution is 9.10. The normalized spacial score (nSPS) is 10.9. The van der Waals surface area contributed by atoms with Gasteiger partial charge in [0.15, 0.2) is 0 Å². The molecule has 0 fully saturated rings. The number of hydrogen-bond donors (Lipinski definition) is 1. The van der Waals surface area contributed by atoms with E-state index in [0.29, 0.717) is 10.0 Å². The minimum Gasteiger partial charge on any atom is -0.347 e. The summed E-state index contributed by atoms with van der Waals surface area (Å²) in [6.45, 7) is -0.578. The van der Waals surface area contributed by atoms with E-state index in [0.717, 1.165) is 4.57 Å². The van der Waals surface area contributed by atoms with Crippen molar-refractivity contribution in [2.45, 2.75) is 19.5 Å². The molecule has 2 rings (SSSR count). The fourth-order valence-electron chi connectivity index (χ4n) is 1.87. The van der Waals surface area contributed by atoms with Gasteiger partial charge in [0.2, 0.25) is 0 Å². The largest absolute Gasteiger partial charge is 0.347 e. The SMILES string of the molecule is O=C(NCc1cc(Br)ccc1F)c1cccn1CC(F)F. The van der Waals surface area contributed by atoms with Crippen molar-refractivity contribution in [1.29, 1.82) is 0 Å². The van der Waals surface area contributed by atoms with Gasteiger partial charge in [0.05, 0.1) is 6.54 Å². The Hall–Kier alpha value is -1.76. The molecule has 0 aliphatic rings. The Balaban J connectivity index is 2.05. The summed E-state index contributed by atoms with van der Waals surface area (Å²) in [6.07, 6.45) is -1.15. The summed E-state index contributed by atoms with van der Waals surface area (Å²) < 4.78 is 40.2. The molecule has 0 atom stereocenters. The molecular formula is C14H12BrF3N2O. The first-order chi connectivity index (χ1) is 9.97. The van der Waals surface area contributed by atoms with Crippen LogP contribution in [0.4, 0.5) is 13.2 Å². The molecule has 0 unspecified atom stereocenters. The Labute approximate surface area is 127 Å². The molecule has 7 heteroatoms. The molecule has 0 spiro atoms. The third-order valence-corrected chi connectivity index (χ3v) is 3.34. The van der Waals surface area contributed by atoms with Gasteiger partial charge in [-0.1, -0.05) is 15.9 Å². The van der Waals surface area contributed by atoms with Crippen LogP contribution in [0.15, 0.2) is 41.0 Å². The maximum atomic E-state index is 13.5. The number of aromatic nitrogens is 1. The predicted octanol–water partition coefficient (Wildman–Crippen LogP) is 3.58. The van der Waals surface area contributed by atoms with Gasteiger partial charge in [-0.15, -0.1) is 0 Å². The van der Waals surface area contributed by atoms with Crippen LogP contribution in [0.5, 0.6) is 0 Å². The van der Waals surface area contributed by atoms with Crippen molar-refractivity contribution in [3.63, 3.8) is 0 Å². The Morgan fingerprint density at radius 2 is 2.10 bits per heavy atom. The van der Waals surface area contributed by atoms with Gasteiger partial charge in [0.1, 0.15) is 11.5 Å². The van der Waals surface area contributed by atoms with Crippen molar-refractivity contribution in [2.24, 2.45) is 0 Å². The Morgan fingerprint density at radius 1 is 1.33 bits per heavy atom. The van der Waals surface area contributed by atoms with Gasteiger partial charge in [-0.3, -0.25) is 4.79 Å². The number of benzene rings is 1. The first-order valence-corrected chi connectivity index (χ1v) is 6.92. The van der Waals surface area contributed by atoms with Crippen molar-refractivity contribution in [3.05, 3.63) is 58.1 Å². The minimum atomic E-state index is -2.55. The quantitative estimate of drug-likeness (QED) is 0.868. The van der Waals surface area contributed by atoms with E-state index in [1.165, 1.54) is 24.4 Å². The predicted molar refractivity (Wildman–Crippen MR) is 75.7 cm³/mol. The highest BCUT2D eigenvalue weighted by Gasteiger charge is 2.14. The number of rotatable bonds is 5. The third kappa shape index (κ3) is 4.10. The van der Waals surface area contributed by atoms with Gasteiger partial charge >= 0.3 is 0 Å². The fraction of sp³-hybridized carbons (Fsp3) is 0.214. The molecular weight excluding hydrogens is 349 g/mol. The van der Waals surface area contributed by atoms with Crippen molar-refractivity contribution in [2.75, 3.05) is 0 Å². The van der Waals surface area contributed by atoms with E-state index < -0.39 is 24.7 Å². The van der Waals surface area contributed by atoms with E-state index in [2.05, 4.69) is 21.2 Å². The van der Waals surface area contributed by atoms with E-state index in [-0.39, 0.29) is 12.2 Å². The summed E-state index contributed by atoms with van der Waals surface area (Å²) in [7, 11) is 0. The lowest BCUT2D eigenvalue weighted by atomic mass is 10.2. The molecule has 1 N–H and O–H groups in total. The second-order valence-electron chi connectivity index (χ2n) is 4.36. The fourth-order valence-corrected chi connectivity index (χ4v) is 2.28. The van der Waals surface area contributed by atoms with Gasteiger partial charge in [-0.2, -0.15) is 0 Å². The van der Waals surface area contributed by atoms with Gasteiger partial charge in [0, 0.05) is 22.8 Å². The summed E-state index contributed by atoms with van der Waals surface area (Å²) in [4.78, 5) is 12.0. The Morgan fingerprint density at radius 3 is 2.81 bits per heavy atom. The highest BCUT2D eigenvalue weighted by Crippen LogP contribution is 2.15. The van der Waals surface area contributed by atoms with E-state index >= 15 is 0 Å². The number of nitrogens with zero attached hydrogens (tertiary/aromatic N) is 1. The van der Waals surface area contributed by atoms with Crippen LogP contribution in [-0.2, 0) is 13.1 Å². The van der Waals surface area contributed by atoms with Gasteiger partial charge in [-0.25, -0.2) is 13.2 Å². The number of carbonyl (C=O) groups excluding carboxylic acids is 1. The van der Waals surface area contributed by atoms with E-state index in [1.807, 2.05) is 0 Å². The lowest BCUT2D eigenvalue weighted by Crippen LogP contribution is -2.26. The monoisotopic (exact) mass is 360 g/mol. The van der Waals surface area contributed by atoms with E-state index in [1.54, 1.807) is 12.1 Å². The summed E-state index contributed by atoms with van der Waals surface area (Å²) >= 11 is 3.21. The highest BCUT2D eigenvalue weighted by atomic mass is 79.9. The van der Waals surface area contributed by atoms with Crippen molar-refractivity contribution >= 4 is 21.8 Å². The van der Waals surface area contributed by atoms with E-state index in [4.69, 9.17) is 0 Å². The maximum absolute atomic E-state index is 13.5. The second kappa shape index (κ2) is 6.80. The van der Waals surface area contributed by atoms with Crippen molar-refractivity contribution in [3.8, 4) is 0 Å². The topological polar surface area (TPSA) is 34.0 Å². The molecule has 0 aliphatic heterocycles. The lowest BCUT2D eigenvalue weighted by Gasteiger charge is -2.10. The number of alkyl halides is 2. The number of halogens is 4. The lowest BCUT2D eigenvalue weighted by molar-refractivity contribution is 0.0927. The molecule has 3 nitrogen and oxygen atoms in total. The molecule has 0 radical (unpaired) electrons. The smallest absolute Gasteiger partial charge is 0.268 e. The average Bonchev–Trinajstić information content (AvgIpc) is 2.86. The van der Waals surface area contributed by atoms with Gasteiger partial charge in [-0.05, 0) is 30.3 Å². The number of nitrogens with one attached hydrogen (secondary N) is 1. The van der Waals surface area contributed by atoms with Crippen LogP contribution in [0.2, 0.25) is 0 Å². The minimum absolute atomic E-state index is 0.0238. The number of carbonyl (C=O) groups is 1. The Bertz CT molecular complexity index is 643. The molecule has 1 aromatic carbocycles. The van der Waals surface area contributed by atoms with Crippen LogP contribution in [-0.4, -0.2) is 16.9 Å². The molecule has 0 aliphatic carbocycles.